The Hall–Kier alpha value is -2.22. The van der Waals surface area contributed by atoms with E-state index in [9.17, 15) is 9.59 Å². The van der Waals surface area contributed by atoms with Crippen LogP contribution in [0.3, 0.4) is 0 Å². The summed E-state index contributed by atoms with van der Waals surface area (Å²) in [5, 5.41) is 1.18. The van der Waals surface area contributed by atoms with Gasteiger partial charge in [0.1, 0.15) is 4.83 Å². The van der Waals surface area contributed by atoms with E-state index in [0.717, 1.165) is 11.3 Å². The van der Waals surface area contributed by atoms with Gasteiger partial charge >= 0.3 is 0 Å². The van der Waals surface area contributed by atoms with Gasteiger partial charge in [-0.15, -0.1) is 11.3 Å². The summed E-state index contributed by atoms with van der Waals surface area (Å²) in [6.07, 6.45) is 0. The van der Waals surface area contributed by atoms with Gasteiger partial charge in [0.05, 0.1) is 31.7 Å². The average molecular weight is 381 g/mol. The molecule has 6 nitrogen and oxygen atoms in total. The maximum atomic E-state index is 11.8. The summed E-state index contributed by atoms with van der Waals surface area (Å²) in [6.45, 7) is 1.41. The van der Waals surface area contributed by atoms with E-state index in [4.69, 9.17) is 34.7 Å². The third-order valence-electron chi connectivity index (χ3n) is 3.32. The van der Waals surface area contributed by atoms with Crippen LogP contribution < -0.4 is 11.5 Å². The van der Waals surface area contributed by atoms with Crippen molar-refractivity contribution in [1.82, 2.24) is 9.97 Å². The molecular weight excluding hydrogens is 371 g/mol. The molecule has 4 N–H and O–H groups in total. The number of hydrogen-bond donors (Lipinski definition) is 2. The Morgan fingerprint density at radius 2 is 1.88 bits per heavy atom. The first kappa shape index (κ1) is 16.6. The number of aromatic nitrogens is 2. The molecule has 3 rings (SSSR count). The Balaban J connectivity index is 2.41. The molecule has 0 fully saturated rings. The lowest BCUT2D eigenvalue weighted by Crippen LogP contribution is -2.15. The molecule has 0 aliphatic carbocycles. The van der Waals surface area contributed by atoms with Gasteiger partial charge in [-0.2, -0.15) is 0 Å². The SMILES string of the molecule is CC(=O)c1sc2nc(C(N)=O)nc(-c3ccc(Cl)c(Cl)c3)c2c1N. The van der Waals surface area contributed by atoms with E-state index in [1.807, 2.05) is 0 Å². The molecule has 122 valence electrons. The largest absolute Gasteiger partial charge is 0.397 e. The predicted octanol–water partition coefficient (Wildman–Crippen LogP) is 3.55. The molecule has 0 saturated heterocycles. The number of carbonyl (C=O) groups excluding carboxylic acids is 2. The van der Waals surface area contributed by atoms with Crippen molar-refractivity contribution in [2.45, 2.75) is 6.92 Å². The number of hydrogen-bond acceptors (Lipinski definition) is 6. The number of anilines is 1. The maximum Gasteiger partial charge on any atom is 0.286 e. The molecule has 0 saturated carbocycles. The molecular formula is C15H10Cl2N4O2S. The van der Waals surface area contributed by atoms with Crippen LogP contribution in [0.2, 0.25) is 10.0 Å². The third-order valence-corrected chi connectivity index (χ3v) is 5.26. The molecule has 1 amide bonds. The number of nitrogens with two attached hydrogens (primary N) is 2. The lowest BCUT2D eigenvalue weighted by molar-refractivity contribution is 0.0988. The number of benzene rings is 1. The molecule has 0 atom stereocenters. The van der Waals surface area contributed by atoms with Crippen LogP contribution in [0.25, 0.3) is 21.5 Å². The van der Waals surface area contributed by atoms with Crippen molar-refractivity contribution in [3.05, 3.63) is 38.9 Å². The van der Waals surface area contributed by atoms with Gasteiger partial charge in [-0.05, 0) is 12.1 Å². The highest BCUT2D eigenvalue weighted by atomic mass is 35.5. The maximum absolute atomic E-state index is 11.8. The third kappa shape index (κ3) is 2.71. The minimum atomic E-state index is -0.783. The Kier molecular flexibility index (Phi) is 4.16. The molecule has 0 aliphatic rings. The fraction of sp³-hybridized carbons (Fsp3) is 0.0667. The first-order valence-electron chi connectivity index (χ1n) is 6.65. The van der Waals surface area contributed by atoms with Crippen LogP contribution >= 0.6 is 34.5 Å². The number of halogens is 2. The number of Topliss-reactive ketones (excluding diaryl/α,β-unsaturated/α-hetero) is 1. The molecule has 2 aromatic heterocycles. The number of thiophene rings is 1. The van der Waals surface area contributed by atoms with Gasteiger partial charge in [-0.25, -0.2) is 9.97 Å². The van der Waals surface area contributed by atoms with Gasteiger partial charge in [-0.1, -0.05) is 29.3 Å². The molecule has 0 unspecified atom stereocenters. The van der Waals surface area contributed by atoms with Crippen LogP contribution in [0, 0.1) is 0 Å². The smallest absolute Gasteiger partial charge is 0.286 e. The standard InChI is InChI=1S/C15H10Cl2N4O2S/c1-5(22)12-10(18)9-11(6-2-3-7(16)8(17)4-6)20-14(13(19)23)21-15(9)24-12/h2-4H,18H2,1H3,(H2,19,23). The van der Waals surface area contributed by atoms with Crippen LogP contribution in [0.15, 0.2) is 18.2 Å². The van der Waals surface area contributed by atoms with Crippen molar-refractivity contribution in [2.24, 2.45) is 5.73 Å². The van der Waals surface area contributed by atoms with Gasteiger partial charge in [-0.3, -0.25) is 9.59 Å². The number of primary amides is 1. The summed E-state index contributed by atoms with van der Waals surface area (Å²) in [6, 6.07) is 4.89. The van der Waals surface area contributed by atoms with Crippen molar-refractivity contribution in [2.75, 3.05) is 5.73 Å². The lowest BCUT2D eigenvalue weighted by atomic mass is 10.1. The number of ketones is 1. The first-order chi connectivity index (χ1) is 11.3. The summed E-state index contributed by atoms with van der Waals surface area (Å²) in [5.41, 5.74) is 12.6. The Labute approximate surface area is 150 Å². The minimum Gasteiger partial charge on any atom is -0.397 e. The van der Waals surface area contributed by atoms with Gasteiger partial charge in [0.15, 0.2) is 5.78 Å². The van der Waals surface area contributed by atoms with Crippen molar-refractivity contribution in [3.63, 3.8) is 0 Å². The normalized spacial score (nSPS) is 11.0. The first-order valence-corrected chi connectivity index (χ1v) is 8.23. The van der Waals surface area contributed by atoms with Crippen molar-refractivity contribution >= 4 is 62.1 Å². The van der Waals surface area contributed by atoms with E-state index in [1.165, 1.54) is 6.92 Å². The van der Waals surface area contributed by atoms with Gasteiger partial charge in [0.25, 0.3) is 5.91 Å². The molecule has 0 aliphatic heterocycles. The summed E-state index contributed by atoms with van der Waals surface area (Å²) < 4.78 is 0. The van der Waals surface area contributed by atoms with Crippen LogP contribution in [0.5, 0.6) is 0 Å². The topological polar surface area (TPSA) is 112 Å². The number of amides is 1. The molecule has 0 spiro atoms. The van der Waals surface area contributed by atoms with E-state index in [2.05, 4.69) is 9.97 Å². The Morgan fingerprint density at radius 1 is 1.17 bits per heavy atom. The van der Waals surface area contributed by atoms with Crippen LogP contribution in [-0.2, 0) is 0 Å². The predicted molar refractivity (Wildman–Crippen MR) is 95.8 cm³/mol. The average Bonchev–Trinajstić information content (AvgIpc) is 2.86. The molecule has 3 aromatic rings. The van der Waals surface area contributed by atoms with E-state index >= 15 is 0 Å². The van der Waals surface area contributed by atoms with Crippen molar-refractivity contribution in [1.29, 1.82) is 0 Å². The van der Waals surface area contributed by atoms with Crippen LogP contribution in [-0.4, -0.2) is 21.7 Å². The number of rotatable bonds is 3. The summed E-state index contributed by atoms with van der Waals surface area (Å²) in [7, 11) is 0. The van der Waals surface area contributed by atoms with Crippen LogP contribution in [0.1, 0.15) is 27.2 Å². The fourth-order valence-corrected chi connectivity index (χ4v) is 3.53. The highest BCUT2D eigenvalue weighted by molar-refractivity contribution is 7.21. The number of nitrogens with zero attached hydrogens (tertiary/aromatic N) is 2. The molecule has 9 heteroatoms. The zero-order chi connectivity index (χ0) is 17.6. The van der Waals surface area contributed by atoms with E-state index in [-0.39, 0.29) is 17.3 Å². The molecule has 0 radical (unpaired) electrons. The second-order valence-electron chi connectivity index (χ2n) is 4.97. The Bertz CT molecular complexity index is 1020. The quantitative estimate of drug-likeness (QED) is 0.674. The van der Waals surface area contributed by atoms with Crippen LogP contribution in [0.4, 0.5) is 5.69 Å². The number of carbonyl (C=O) groups is 2. The molecule has 1 aromatic carbocycles. The zero-order valence-electron chi connectivity index (χ0n) is 12.3. The summed E-state index contributed by atoms with van der Waals surface area (Å²) in [4.78, 5) is 32.3. The molecule has 24 heavy (non-hydrogen) atoms. The van der Waals surface area contributed by atoms with Gasteiger partial charge < -0.3 is 11.5 Å². The van der Waals surface area contributed by atoms with Gasteiger partial charge in [0.2, 0.25) is 5.82 Å². The summed E-state index contributed by atoms with van der Waals surface area (Å²) in [5.74, 6) is -1.15. The van der Waals surface area contributed by atoms with Gasteiger partial charge in [0, 0.05) is 12.5 Å². The highest BCUT2D eigenvalue weighted by Crippen LogP contribution is 2.39. The second kappa shape index (κ2) is 6.01. The highest BCUT2D eigenvalue weighted by Gasteiger charge is 2.22. The van der Waals surface area contributed by atoms with E-state index in [0.29, 0.717) is 36.4 Å². The summed E-state index contributed by atoms with van der Waals surface area (Å²) >= 11 is 13.1. The number of fused-ring (bicyclic) bond motifs is 1. The lowest BCUT2D eigenvalue weighted by Gasteiger charge is -2.07. The Morgan fingerprint density at radius 3 is 2.46 bits per heavy atom. The monoisotopic (exact) mass is 380 g/mol. The molecule has 2 heterocycles. The zero-order valence-corrected chi connectivity index (χ0v) is 14.6. The number of nitrogen functional groups attached to an aromatic ring is 1. The van der Waals surface area contributed by atoms with E-state index < -0.39 is 5.91 Å². The van der Waals surface area contributed by atoms with Crippen molar-refractivity contribution < 1.29 is 9.59 Å². The van der Waals surface area contributed by atoms with Crippen molar-refractivity contribution in [3.8, 4) is 11.3 Å². The fourth-order valence-electron chi connectivity index (χ4n) is 2.25. The molecule has 0 bridgehead atoms. The van der Waals surface area contributed by atoms with E-state index in [1.54, 1.807) is 18.2 Å². The second-order valence-corrected chi connectivity index (χ2v) is 6.78. The minimum absolute atomic E-state index is 0.167.